The zero-order valence-electron chi connectivity index (χ0n) is 12.5. The summed E-state index contributed by atoms with van der Waals surface area (Å²) in [7, 11) is 0. The molecule has 2 aromatic carbocycles. The molecule has 0 atom stereocenters. The van der Waals surface area contributed by atoms with E-state index in [0.29, 0.717) is 5.02 Å². The molecule has 0 aromatic heterocycles. The van der Waals surface area contributed by atoms with E-state index in [4.69, 9.17) is 23.2 Å². The Hall–Kier alpha value is -2.25. The summed E-state index contributed by atoms with van der Waals surface area (Å²) in [5, 5.41) is 5.38. The molecule has 2 rings (SSSR count). The molecule has 0 saturated heterocycles. The number of nitrogens with one attached hydrogen (secondary N) is 2. The Balaban J connectivity index is 1.93. The minimum absolute atomic E-state index is 0.145. The number of rotatable bonds is 4. The lowest BCUT2D eigenvalue weighted by atomic mass is 10.2. The highest BCUT2D eigenvalue weighted by Gasteiger charge is 2.30. The van der Waals surface area contributed by atoms with Crippen molar-refractivity contribution in [3.05, 3.63) is 58.1 Å². The summed E-state index contributed by atoms with van der Waals surface area (Å²) < 4.78 is 37.4. The monoisotopic (exact) mass is 390 g/mol. The first-order valence-electron chi connectivity index (χ1n) is 6.87. The average Bonchev–Trinajstić information content (AvgIpc) is 2.50. The van der Waals surface area contributed by atoms with Crippen LogP contribution >= 0.6 is 23.2 Å². The molecule has 0 heterocycles. The van der Waals surface area contributed by atoms with Gasteiger partial charge in [-0.1, -0.05) is 23.2 Å². The van der Waals surface area contributed by atoms with Crippen LogP contribution in [-0.2, 0) is 15.8 Å². The summed E-state index contributed by atoms with van der Waals surface area (Å²) >= 11 is 11.7. The van der Waals surface area contributed by atoms with Gasteiger partial charge in [-0.05, 0) is 42.5 Å². The molecule has 2 amide bonds. The average molecular weight is 391 g/mol. The van der Waals surface area contributed by atoms with Gasteiger partial charge >= 0.3 is 6.18 Å². The Morgan fingerprint density at radius 1 is 0.920 bits per heavy atom. The third-order valence-electron chi connectivity index (χ3n) is 3.02. The van der Waals surface area contributed by atoms with Crippen LogP contribution in [0.1, 0.15) is 12.0 Å². The van der Waals surface area contributed by atoms with Crippen LogP contribution < -0.4 is 10.6 Å². The van der Waals surface area contributed by atoms with Gasteiger partial charge in [0.1, 0.15) is 6.42 Å². The highest BCUT2D eigenvalue weighted by Crippen LogP contribution is 2.30. The smallest absolute Gasteiger partial charge is 0.326 e. The SMILES string of the molecule is O=C(CC(=O)Nc1cc(Cl)ccc1Cl)Nc1ccc(C(F)(F)F)cc1. The van der Waals surface area contributed by atoms with E-state index in [9.17, 15) is 22.8 Å². The predicted octanol–water partition coefficient (Wildman–Crippen LogP) is 4.98. The Labute approximate surface area is 150 Å². The lowest BCUT2D eigenvalue weighted by Gasteiger charge is -2.10. The Morgan fingerprint density at radius 3 is 2.12 bits per heavy atom. The van der Waals surface area contributed by atoms with Crippen molar-refractivity contribution in [2.75, 3.05) is 10.6 Å². The molecule has 0 fully saturated rings. The van der Waals surface area contributed by atoms with Gasteiger partial charge in [0.05, 0.1) is 16.3 Å². The zero-order valence-corrected chi connectivity index (χ0v) is 14.0. The predicted molar refractivity (Wildman–Crippen MR) is 89.8 cm³/mol. The number of carbonyl (C=O) groups is 2. The quantitative estimate of drug-likeness (QED) is 0.723. The van der Waals surface area contributed by atoms with Crippen LogP contribution in [0.2, 0.25) is 10.0 Å². The van der Waals surface area contributed by atoms with Crippen molar-refractivity contribution in [3.63, 3.8) is 0 Å². The lowest BCUT2D eigenvalue weighted by molar-refractivity contribution is -0.137. The van der Waals surface area contributed by atoms with Crippen LogP contribution in [0.5, 0.6) is 0 Å². The van der Waals surface area contributed by atoms with Crippen LogP contribution in [0.4, 0.5) is 24.5 Å². The van der Waals surface area contributed by atoms with Gasteiger partial charge in [-0.15, -0.1) is 0 Å². The lowest BCUT2D eigenvalue weighted by Crippen LogP contribution is -2.21. The van der Waals surface area contributed by atoms with E-state index in [1.165, 1.54) is 18.2 Å². The molecule has 0 unspecified atom stereocenters. The van der Waals surface area contributed by atoms with E-state index >= 15 is 0 Å². The number of carbonyl (C=O) groups excluding carboxylic acids is 2. The molecule has 0 radical (unpaired) electrons. The van der Waals surface area contributed by atoms with Gasteiger partial charge < -0.3 is 10.6 Å². The van der Waals surface area contributed by atoms with Gasteiger partial charge in [0.25, 0.3) is 0 Å². The molecule has 0 spiro atoms. The first kappa shape index (κ1) is 19.1. The molecule has 2 N–H and O–H groups in total. The Morgan fingerprint density at radius 2 is 1.52 bits per heavy atom. The van der Waals surface area contributed by atoms with Crippen molar-refractivity contribution in [1.29, 1.82) is 0 Å². The fourth-order valence-corrected chi connectivity index (χ4v) is 2.22. The van der Waals surface area contributed by atoms with Gasteiger partial charge in [0.2, 0.25) is 11.8 Å². The van der Waals surface area contributed by atoms with E-state index in [-0.39, 0.29) is 16.4 Å². The van der Waals surface area contributed by atoms with Crippen LogP contribution in [0.3, 0.4) is 0 Å². The summed E-state index contributed by atoms with van der Waals surface area (Å²) in [6, 6.07) is 8.33. The number of amides is 2. The molecule has 0 aliphatic heterocycles. The van der Waals surface area contributed by atoms with Gasteiger partial charge in [0.15, 0.2) is 0 Å². The first-order valence-corrected chi connectivity index (χ1v) is 7.63. The molecule has 0 bridgehead atoms. The van der Waals surface area contributed by atoms with Crippen molar-refractivity contribution in [1.82, 2.24) is 0 Å². The Kier molecular flexibility index (Phi) is 5.92. The Bertz CT molecular complexity index is 793. The van der Waals surface area contributed by atoms with Gasteiger partial charge in [-0.25, -0.2) is 0 Å². The highest BCUT2D eigenvalue weighted by atomic mass is 35.5. The van der Waals surface area contributed by atoms with Gasteiger partial charge in [-0.3, -0.25) is 9.59 Å². The second-order valence-electron chi connectivity index (χ2n) is 4.97. The molecule has 2 aromatic rings. The molecule has 0 aliphatic carbocycles. The van der Waals surface area contributed by atoms with Crippen LogP contribution in [-0.4, -0.2) is 11.8 Å². The van der Waals surface area contributed by atoms with Crippen LogP contribution in [0.15, 0.2) is 42.5 Å². The van der Waals surface area contributed by atoms with Crippen LogP contribution in [0, 0.1) is 0 Å². The summed E-state index contributed by atoms with van der Waals surface area (Å²) in [6.07, 6.45) is -5.00. The number of hydrogen-bond donors (Lipinski definition) is 2. The maximum Gasteiger partial charge on any atom is 0.416 e. The second kappa shape index (κ2) is 7.76. The molecular formula is C16H11Cl2F3N2O2. The minimum Gasteiger partial charge on any atom is -0.326 e. The topological polar surface area (TPSA) is 58.2 Å². The van der Waals surface area contributed by atoms with Crippen molar-refractivity contribution < 1.29 is 22.8 Å². The fourth-order valence-electron chi connectivity index (χ4n) is 1.88. The van der Waals surface area contributed by atoms with Gasteiger partial charge in [-0.2, -0.15) is 13.2 Å². The van der Waals surface area contributed by atoms with Crippen LogP contribution in [0.25, 0.3) is 0 Å². The molecule has 0 saturated carbocycles. The number of anilines is 2. The van der Waals surface area contributed by atoms with Gasteiger partial charge in [0, 0.05) is 10.7 Å². The van der Waals surface area contributed by atoms with E-state index in [0.717, 1.165) is 24.3 Å². The van der Waals surface area contributed by atoms with Crippen molar-refractivity contribution in [3.8, 4) is 0 Å². The fraction of sp³-hybridized carbons (Fsp3) is 0.125. The summed E-state index contributed by atoms with van der Waals surface area (Å²) in [5.41, 5.74) is -0.438. The first-order chi connectivity index (χ1) is 11.6. The molecule has 132 valence electrons. The number of alkyl halides is 3. The minimum atomic E-state index is -4.46. The molecular weight excluding hydrogens is 380 g/mol. The summed E-state index contributed by atoms with van der Waals surface area (Å²) in [6.45, 7) is 0. The summed E-state index contributed by atoms with van der Waals surface area (Å²) in [5.74, 6) is -1.33. The van der Waals surface area contributed by atoms with E-state index in [2.05, 4.69) is 10.6 Å². The van der Waals surface area contributed by atoms with Crippen molar-refractivity contribution in [2.24, 2.45) is 0 Å². The van der Waals surface area contributed by atoms with E-state index in [1.54, 1.807) is 0 Å². The second-order valence-corrected chi connectivity index (χ2v) is 5.82. The molecule has 0 aliphatic rings. The molecule has 9 heteroatoms. The van der Waals surface area contributed by atoms with E-state index < -0.39 is 30.0 Å². The van der Waals surface area contributed by atoms with Crippen molar-refractivity contribution >= 4 is 46.4 Å². The number of hydrogen-bond acceptors (Lipinski definition) is 2. The highest BCUT2D eigenvalue weighted by molar-refractivity contribution is 6.35. The standard InChI is InChI=1S/C16H11Cl2F3N2O2/c17-10-3-6-12(18)13(7-10)23-15(25)8-14(24)22-11-4-1-9(2-5-11)16(19,20)21/h1-7H,8H2,(H,22,24)(H,23,25). The largest absolute Gasteiger partial charge is 0.416 e. The zero-order chi connectivity index (χ0) is 18.6. The maximum atomic E-state index is 12.5. The number of benzene rings is 2. The maximum absolute atomic E-state index is 12.5. The summed E-state index contributed by atoms with van der Waals surface area (Å²) in [4.78, 5) is 23.6. The normalized spacial score (nSPS) is 11.1. The third kappa shape index (κ3) is 5.65. The molecule has 25 heavy (non-hydrogen) atoms. The third-order valence-corrected chi connectivity index (χ3v) is 3.58. The van der Waals surface area contributed by atoms with E-state index in [1.807, 2.05) is 0 Å². The number of halogens is 5. The molecule has 4 nitrogen and oxygen atoms in total. The van der Waals surface area contributed by atoms with Crippen molar-refractivity contribution in [2.45, 2.75) is 12.6 Å².